The summed E-state index contributed by atoms with van der Waals surface area (Å²) in [6.07, 6.45) is 1.59. The smallest absolute Gasteiger partial charge is 0.237 e. The summed E-state index contributed by atoms with van der Waals surface area (Å²) in [5.41, 5.74) is 6.82. The van der Waals surface area contributed by atoms with Gasteiger partial charge in [0.2, 0.25) is 11.8 Å². The topological polar surface area (TPSA) is 72.6 Å². The average Bonchev–Trinajstić information content (AvgIpc) is 2.90. The van der Waals surface area contributed by atoms with E-state index in [0.29, 0.717) is 23.0 Å². The molecule has 1 aliphatic carbocycles. The number of anilines is 2. The summed E-state index contributed by atoms with van der Waals surface area (Å²) in [5.74, 6) is 0.493. The molecule has 3 rings (SSSR count). The monoisotopic (exact) mass is 274 g/mol. The third kappa shape index (κ3) is 1.77. The van der Waals surface area contributed by atoms with Crippen molar-refractivity contribution in [3.05, 3.63) is 18.2 Å². The number of carbonyl (C=O) groups is 2. The molecule has 20 heavy (non-hydrogen) atoms. The van der Waals surface area contributed by atoms with Crippen LogP contribution in [-0.2, 0) is 9.59 Å². The average molecular weight is 274 g/mol. The van der Waals surface area contributed by atoms with Crippen molar-refractivity contribution in [2.24, 2.45) is 17.8 Å². The number of nitrogens with zero attached hydrogens (tertiary/aromatic N) is 1. The first kappa shape index (κ1) is 13.0. The molecule has 1 aliphatic heterocycles. The van der Waals surface area contributed by atoms with Crippen LogP contribution in [0.15, 0.2) is 18.2 Å². The number of fused-ring (bicyclic) bond motifs is 1. The van der Waals surface area contributed by atoms with E-state index in [1.165, 1.54) is 4.90 Å². The van der Waals surface area contributed by atoms with Gasteiger partial charge in [0.1, 0.15) is 5.75 Å². The number of nitrogens with two attached hydrogens (primary N) is 1. The Bertz CT molecular complexity index is 560. The van der Waals surface area contributed by atoms with Gasteiger partial charge in [-0.05, 0) is 30.9 Å². The van der Waals surface area contributed by atoms with Crippen LogP contribution in [0.2, 0.25) is 0 Å². The number of imide groups is 1. The first-order valence-electron chi connectivity index (χ1n) is 6.84. The van der Waals surface area contributed by atoms with Crippen LogP contribution in [0.5, 0.6) is 5.75 Å². The molecule has 1 saturated carbocycles. The van der Waals surface area contributed by atoms with Gasteiger partial charge in [-0.2, -0.15) is 0 Å². The van der Waals surface area contributed by atoms with Gasteiger partial charge in [-0.15, -0.1) is 0 Å². The molecular weight excluding hydrogens is 256 g/mol. The Morgan fingerprint density at radius 3 is 2.30 bits per heavy atom. The fraction of sp³-hybridized carbons (Fsp3) is 0.467. The number of benzene rings is 1. The number of methoxy groups -OCH3 is 1. The third-order valence-electron chi connectivity index (χ3n) is 4.35. The summed E-state index contributed by atoms with van der Waals surface area (Å²) in [6.45, 7) is 2.09. The van der Waals surface area contributed by atoms with Crippen LogP contribution >= 0.6 is 0 Å². The van der Waals surface area contributed by atoms with Crippen LogP contribution in [0.25, 0.3) is 0 Å². The number of amides is 2. The maximum atomic E-state index is 12.5. The summed E-state index contributed by atoms with van der Waals surface area (Å²) >= 11 is 0. The highest BCUT2D eigenvalue weighted by Gasteiger charge is 2.52. The Balaban J connectivity index is 1.96. The minimum absolute atomic E-state index is 0.110. The lowest BCUT2D eigenvalue weighted by atomic mass is 10.00. The third-order valence-corrected chi connectivity index (χ3v) is 4.35. The van der Waals surface area contributed by atoms with Gasteiger partial charge in [0.25, 0.3) is 0 Å². The highest BCUT2D eigenvalue weighted by molar-refractivity contribution is 6.23. The van der Waals surface area contributed by atoms with Crippen LogP contribution in [0.1, 0.15) is 19.8 Å². The minimum atomic E-state index is -0.168. The van der Waals surface area contributed by atoms with Gasteiger partial charge in [0, 0.05) is 6.07 Å². The molecule has 0 bridgehead atoms. The molecule has 1 aromatic carbocycles. The Kier molecular flexibility index (Phi) is 2.92. The molecule has 2 aliphatic rings. The van der Waals surface area contributed by atoms with Crippen LogP contribution in [0.4, 0.5) is 11.4 Å². The van der Waals surface area contributed by atoms with Crippen molar-refractivity contribution in [3.8, 4) is 5.75 Å². The molecule has 106 valence electrons. The lowest BCUT2D eigenvalue weighted by Crippen LogP contribution is -2.32. The number of nitrogen functional groups attached to an aromatic ring is 1. The van der Waals surface area contributed by atoms with Gasteiger partial charge in [-0.3, -0.25) is 9.59 Å². The Morgan fingerprint density at radius 1 is 1.20 bits per heavy atom. The quantitative estimate of drug-likeness (QED) is 0.659. The van der Waals surface area contributed by atoms with Crippen molar-refractivity contribution in [3.63, 3.8) is 0 Å². The number of hydrogen-bond acceptors (Lipinski definition) is 4. The SMILES string of the molecule is COc1ccc(N2C(=O)C3CC(C)CC3C2=O)c(N)c1. The first-order chi connectivity index (χ1) is 9.52. The van der Waals surface area contributed by atoms with E-state index in [-0.39, 0.29) is 23.7 Å². The largest absolute Gasteiger partial charge is 0.497 e. The summed E-state index contributed by atoms with van der Waals surface area (Å²) in [5, 5.41) is 0. The Hall–Kier alpha value is -2.04. The molecule has 2 fully saturated rings. The van der Waals surface area contributed by atoms with Crippen LogP contribution in [0.3, 0.4) is 0 Å². The second-order valence-electron chi connectivity index (χ2n) is 5.73. The lowest BCUT2D eigenvalue weighted by molar-refractivity contribution is -0.123. The second-order valence-corrected chi connectivity index (χ2v) is 5.73. The zero-order valence-electron chi connectivity index (χ0n) is 11.6. The van der Waals surface area contributed by atoms with E-state index in [2.05, 4.69) is 6.92 Å². The highest BCUT2D eigenvalue weighted by Crippen LogP contribution is 2.45. The predicted octanol–water partition coefficient (Wildman–Crippen LogP) is 1.81. The zero-order valence-corrected chi connectivity index (χ0v) is 11.6. The van der Waals surface area contributed by atoms with Crippen LogP contribution in [-0.4, -0.2) is 18.9 Å². The van der Waals surface area contributed by atoms with Gasteiger partial charge in [0.15, 0.2) is 0 Å². The Morgan fingerprint density at radius 2 is 1.80 bits per heavy atom. The fourth-order valence-corrected chi connectivity index (χ4v) is 3.38. The molecular formula is C15H18N2O3. The normalized spacial score (nSPS) is 28.9. The van der Waals surface area contributed by atoms with Gasteiger partial charge < -0.3 is 10.5 Å². The van der Waals surface area contributed by atoms with Gasteiger partial charge in [0.05, 0.1) is 30.3 Å². The summed E-state index contributed by atoms with van der Waals surface area (Å²) in [6, 6.07) is 5.02. The lowest BCUT2D eigenvalue weighted by Gasteiger charge is -2.19. The van der Waals surface area contributed by atoms with E-state index in [0.717, 1.165) is 12.8 Å². The van der Waals surface area contributed by atoms with Gasteiger partial charge in [-0.25, -0.2) is 4.90 Å². The van der Waals surface area contributed by atoms with Crippen LogP contribution in [0, 0.1) is 17.8 Å². The van der Waals surface area contributed by atoms with Crippen LogP contribution < -0.4 is 15.4 Å². The number of ether oxygens (including phenoxy) is 1. The summed E-state index contributed by atoms with van der Waals surface area (Å²) in [7, 11) is 1.55. The van der Waals surface area contributed by atoms with E-state index in [1.54, 1.807) is 25.3 Å². The molecule has 5 heteroatoms. The van der Waals surface area contributed by atoms with Gasteiger partial charge >= 0.3 is 0 Å². The fourth-order valence-electron chi connectivity index (χ4n) is 3.38. The molecule has 1 saturated heterocycles. The first-order valence-corrected chi connectivity index (χ1v) is 6.84. The van der Waals surface area contributed by atoms with E-state index in [4.69, 9.17) is 10.5 Å². The molecule has 2 atom stereocenters. The molecule has 2 N–H and O–H groups in total. The van der Waals surface area contributed by atoms with E-state index in [1.807, 2.05) is 0 Å². The highest BCUT2D eigenvalue weighted by atomic mass is 16.5. The molecule has 2 unspecified atom stereocenters. The summed E-state index contributed by atoms with van der Waals surface area (Å²) in [4.78, 5) is 26.2. The van der Waals surface area contributed by atoms with E-state index >= 15 is 0 Å². The number of hydrogen-bond donors (Lipinski definition) is 1. The molecule has 1 heterocycles. The molecule has 0 radical (unpaired) electrons. The van der Waals surface area contributed by atoms with Crippen molar-refractivity contribution in [1.29, 1.82) is 0 Å². The Labute approximate surface area is 117 Å². The van der Waals surface area contributed by atoms with E-state index < -0.39 is 0 Å². The number of rotatable bonds is 2. The zero-order chi connectivity index (χ0) is 14.4. The standard InChI is InChI=1S/C15H18N2O3/c1-8-5-10-11(6-8)15(19)17(14(10)18)13-4-3-9(20-2)7-12(13)16/h3-4,7-8,10-11H,5-6,16H2,1-2H3. The predicted molar refractivity (Wildman–Crippen MR) is 75.3 cm³/mol. The molecule has 0 spiro atoms. The second kappa shape index (κ2) is 4.51. The minimum Gasteiger partial charge on any atom is -0.497 e. The summed E-state index contributed by atoms with van der Waals surface area (Å²) < 4.78 is 5.09. The molecule has 0 aromatic heterocycles. The molecule has 5 nitrogen and oxygen atoms in total. The van der Waals surface area contributed by atoms with Crippen molar-refractivity contribution in [1.82, 2.24) is 0 Å². The van der Waals surface area contributed by atoms with Crippen molar-refractivity contribution >= 4 is 23.2 Å². The maximum absolute atomic E-state index is 12.5. The van der Waals surface area contributed by atoms with Gasteiger partial charge in [-0.1, -0.05) is 6.92 Å². The molecule has 1 aromatic rings. The van der Waals surface area contributed by atoms with Crippen molar-refractivity contribution < 1.29 is 14.3 Å². The number of carbonyl (C=O) groups excluding carboxylic acids is 2. The molecule has 2 amide bonds. The van der Waals surface area contributed by atoms with Crippen molar-refractivity contribution in [2.75, 3.05) is 17.7 Å². The maximum Gasteiger partial charge on any atom is 0.237 e. The van der Waals surface area contributed by atoms with E-state index in [9.17, 15) is 9.59 Å². The van der Waals surface area contributed by atoms with Crippen molar-refractivity contribution in [2.45, 2.75) is 19.8 Å².